The minimum absolute atomic E-state index is 0.0951. The van der Waals surface area contributed by atoms with Crippen LogP contribution in [0, 0.1) is 10.1 Å². The van der Waals surface area contributed by atoms with E-state index in [9.17, 15) is 10.1 Å². The maximum absolute atomic E-state index is 11.1. The Morgan fingerprint density at radius 3 is 2.68 bits per heavy atom. The maximum atomic E-state index is 11.1. The molecule has 0 spiro atoms. The van der Waals surface area contributed by atoms with Crippen LogP contribution in [0.3, 0.4) is 0 Å². The number of benzene rings is 1. The van der Waals surface area contributed by atoms with Crippen molar-refractivity contribution in [3.63, 3.8) is 0 Å². The minimum Gasteiger partial charge on any atom is -0.454 e. The van der Waals surface area contributed by atoms with E-state index in [-0.39, 0.29) is 17.4 Å². The first-order valence-electron chi connectivity index (χ1n) is 6.25. The van der Waals surface area contributed by atoms with Gasteiger partial charge < -0.3 is 19.7 Å². The molecule has 0 bridgehead atoms. The largest absolute Gasteiger partial charge is 0.454 e. The quantitative estimate of drug-likeness (QED) is 0.375. The van der Waals surface area contributed by atoms with Crippen molar-refractivity contribution in [2.45, 2.75) is 6.54 Å². The number of rotatable bonds is 6. The lowest BCUT2D eigenvalue weighted by Gasteiger charge is -2.07. The van der Waals surface area contributed by atoms with E-state index in [1.165, 1.54) is 11.0 Å². The van der Waals surface area contributed by atoms with Crippen molar-refractivity contribution in [2.24, 2.45) is 0 Å². The van der Waals surface area contributed by atoms with E-state index in [2.05, 4.69) is 19.4 Å². The molecule has 2 rings (SSSR count). The van der Waals surface area contributed by atoms with Gasteiger partial charge in [-0.25, -0.2) is 0 Å². The molecule has 0 saturated heterocycles. The Morgan fingerprint density at radius 2 is 2.05 bits per heavy atom. The van der Waals surface area contributed by atoms with Crippen molar-refractivity contribution in [1.29, 1.82) is 0 Å². The van der Waals surface area contributed by atoms with E-state index in [0.717, 1.165) is 13.1 Å². The minimum atomic E-state index is -0.373. The number of nitrogens with zero attached hydrogens (tertiary/aromatic N) is 1. The molecule has 0 atom stereocenters. The molecule has 1 aliphatic rings. The molecule has 0 saturated carbocycles. The van der Waals surface area contributed by atoms with Gasteiger partial charge in [0.15, 0.2) is 11.5 Å². The first kappa shape index (κ1) is 13.6. The van der Waals surface area contributed by atoms with Gasteiger partial charge in [0.25, 0.3) is 5.69 Å². The third kappa shape index (κ3) is 3.33. The SMILES string of the molecule is C[NH+](C)CC[NH2+]Cc1cc2c(cc1[N+](=O)[O-])OCO2. The predicted octanol–water partition coefficient (Wildman–Crippen LogP) is -1.47. The summed E-state index contributed by atoms with van der Waals surface area (Å²) in [5, 5.41) is 13.1. The Hall–Kier alpha value is -1.86. The van der Waals surface area contributed by atoms with Gasteiger partial charge in [0.1, 0.15) is 19.6 Å². The molecule has 1 aliphatic heterocycles. The summed E-state index contributed by atoms with van der Waals surface area (Å²) in [5.74, 6) is 1.04. The molecule has 1 heterocycles. The van der Waals surface area contributed by atoms with Crippen LogP contribution in [0.15, 0.2) is 12.1 Å². The Bertz CT molecular complexity index is 476. The van der Waals surface area contributed by atoms with Crippen molar-refractivity contribution in [1.82, 2.24) is 0 Å². The molecular formula is C12H19N3O4+2. The molecule has 1 aromatic carbocycles. The number of nitrogens with one attached hydrogen (secondary N) is 1. The Morgan fingerprint density at radius 1 is 1.37 bits per heavy atom. The molecular weight excluding hydrogens is 250 g/mol. The Kier molecular flexibility index (Phi) is 4.18. The number of ether oxygens (including phenoxy) is 2. The van der Waals surface area contributed by atoms with Crippen molar-refractivity contribution in [3.05, 3.63) is 27.8 Å². The van der Waals surface area contributed by atoms with Gasteiger partial charge in [0, 0.05) is 0 Å². The Labute approximate surface area is 111 Å². The summed E-state index contributed by atoms with van der Waals surface area (Å²) in [6.07, 6.45) is 0. The number of nitrogens with two attached hydrogens (primary N) is 1. The van der Waals surface area contributed by atoms with Gasteiger partial charge >= 0.3 is 0 Å². The predicted molar refractivity (Wildman–Crippen MR) is 67.4 cm³/mol. The van der Waals surface area contributed by atoms with Crippen LogP contribution in [-0.4, -0.2) is 38.9 Å². The van der Waals surface area contributed by atoms with Crippen molar-refractivity contribution in [3.8, 4) is 11.5 Å². The van der Waals surface area contributed by atoms with Crippen LogP contribution < -0.4 is 19.7 Å². The number of hydrogen-bond donors (Lipinski definition) is 2. The van der Waals surface area contributed by atoms with Gasteiger partial charge in [-0.1, -0.05) is 0 Å². The second-order valence-electron chi connectivity index (χ2n) is 4.83. The first-order valence-corrected chi connectivity index (χ1v) is 6.25. The average Bonchev–Trinajstić information content (AvgIpc) is 2.80. The van der Waals surface area contributed by atoms with E-state index in [0.29, 0.717) is 23.6 Å². The highest BCUT2D eigenvalue weighted by Crippen LogP contribution is 2.37. The second-order valence-corrected chi connectivity index (χ2v) is 4.83. The van der Waals surface area contributed by atoms with Crippen molar-refractivity contribution < 1.29 is 24.6 Å². The van der Waals surface area contributed by atoms with Crippen LogP contribution >= 0.6 is 0 Å². The third-order valence-electron chi connectivity index (χ3n) is 2.98. The fourth-order valence-corrected chi connectivity index (χ4v) is 1.96. The highest BCUT2D eigenvalue weighted by molar-refractivity contribution is 5.54. The van der Waals surface area contributed by atoms with Crippen LogP contribution in [0.4, 0.5) is 5.69 Å². The number of nitro groups is 1. The molecule has 0 radical (unpaired) electrons. The summed E-state index contributed by atoms with van der Waals surface area (Å²) in [6.45, 7) is 2.64. The zero-order chi connectivity index (χ0) is 13.8. The monoisotopic (exact) mass is 269 g/mol. The summed E-state index contributed by atoms with van der Waals surface area (Å²) in [4.78, 5) is 12.0. The van der Waals surface area contributed by atoms with Gasteiger partial charge in [-0.3, -0.25) is 10.1 Å². The number of hydrogen-bond acceptors (Lipinski definition) is 4. The van der Waals surface area contributed by atoms with Crippen molar-refractivity contribution >= 4 is 5.69 Å². The molecule has 0 aliphatic carbocycles. The van der Waals surface area contributed by atoms with E-state index in [1.807, 2.05) is 0 Å². The fourth-order valence-electron chi connectivity index (χ4n) is 1.96. The first-order chi connectivity index (χ1) is 9.08. The molecule has 0 unspecified atom stereocenters. The lowest BCUT2D eigenvalue weighted by atomic mass is 10.1. The topological polar surface area (TPSA) is 82.7 Å². The normalized spacial score (nSPS) is 13.0. The van der Waals surface area contributed by atoms with Crippen LogP contribution in [0.1, 0.15) is 5.56 Å². The molecule has 1 aromatic rings. The smallest absolute Gasteiger partial charge is 0.282 e. The molecule has 3 N–H and O–H groups in total. The molecule has 7 nitrogen and oxygen atoms in total. The molecule has 7 heteroatoms. The standard InChI is InChI=1S/C12H17N3O4/c1-14(2)4-3-13-7-9-5-11-12(19-8-18-11)6-10(9)15(16)17/h5-6,13H,3-4,7-8H2,1-2H3/p+2. The van der Waals surface area contributed by atoms with E-state index < -0.39 is 0 Å². The summed E-state index contributed by atoms with van der Waals surface area (Å²) >= 11 is 0. The van der Waals surface area contributed by atoms with Crippen molar-refractivity contribution in [2.75, 3.05) is 34.0 Å². The lowest BCUT2D eigenvalue weighted by Crippen LogP contribution is -3.09. The highest BCUT2D eigenvalue weighted by Gasteiger charge is 2.23. The molecule has 0 aromatic heterocycles. The number of likely N-dealkylation sites (N-methyl/N-ethyl adjacent to an activating group) is 1. The molecule has 104 valence electrons. The average molecular weight is 269 g/mol. The maximum Gasteiger partial charge on any atom is 0.282 e. The van der Waals surface area contributed by atoms with Gasteiger partial charge in [0.2, 0.25) is 6.79 Å². The van der Waals surface area contributed by atoms with E-state index in [4.69, 9.17) is 9.47 Å². The van der Waals surface area contributed by atoms with Gasteiger partial charge in [-0.15, -0.1) is 0 Å². The Balaban J connectivity index is 2.08. The number of nitro benzene ring substituents is 1. The summed E-state index contributed by atoms with van der Waals surface area (Å²) < 4.78 is 10.4. The van der Waals surface area contributed by atoms with E-state index >= 15 is 0 Å². The van der Waals surface area contributed by atoms with Crippen LogP contribution in [0.25, 0.3) is 0 Å². The summed E-state index contributed by atoms with van der Waals surface area (Å²) in [7, 11) is 4.16. The van der Waals surface area contributed by atoms with Gasteiger partial charge in [-0.2, -0.15) is 0 Å². The summed E-state index contributed by atoms with van der Waals surface area (Å²) in [5.41, 5.74) is 0.765. The lowest BCUT2D eigenvalue weighted by molar-refractivity contribution is -0.875. The number of quaternary nitrogens is 2. The summed E-state index contributed by atoms with van der Waals surface area (Å²) in [6, 6.07) is 3.15. The molecule has 0 fully saturated rings. The zero-order valence-corrected chi connectivity index (χ0v) is 11.1. The third-order valence-corrected chi connectivity index (χ3v) is 2.98. The molecule has 0 amide bonds. The number of fused-ring (bicyclic) bond motifs is 1. The van der Waals surface area contributed by atoms with Crippen LogP contribution in [0.5, 0.6) is 11.5 Å². The second kappa shape index (κ2) is 5.85. The van der Waals surface area contributed by atoms with Crippen LogP contribution in [0.2, 0.25) is 0 Å². The highest BCUT2D eigenvalue weighted by atomic mass is 16.7. The van der Waals surface area contributed by atoms with Gasteiger partial charge in [0.05, 0.1) is 30.6 Å². The van der Waals surface area contributed by atoms with Gasteiger partial charge in [-0.05, 0) is 6.07 Å². The van der Waals surface area contributed by atoms with E-state index in [1.54, 1.807) is 6.07 Å². The van der Waals surface area contributed by atoms with Crippen LogP contribution in [-0.2, 0) is 6.54 Å². The fraction of sp³-hybridized carbons (Fsp3) is 0.500. The molecule has 19 heavy (non-hydrogen) atoms. The zero-order valence-electron chi connectivity index (χ0n) is 11.1.